The van der Waals surface area contributed by atoms with Crippen LogP contribution in [0.15, 0.2) is 66.7 Å². The zero-order chi connectivity index (χ0) is 24.8. The van der Waals surface area contributed by atoms with Crippen LogP contribution in [0.4, 0.5) is 0 Å². The molecule has 184 valence electrons. The van der Waals surface area contributed by atoms with Crippen molar-refractivity contribution in [3.63, 3.8) is 0 Å². The lowest BCUT2D eigenvalue weighted by Gasteiger charge is -2.36. The maximum absolute atomic E-state index is 13.0. The highest BCUT2D eigenvalue weighted by Gasteiger charge is 2.36. The minimum absolute atomic E-state index is 0.0196. The molecule has 3 aromatic carbocycles. The molecule has 2 N–H and O–H groups in total. The smallest absolute Gasteiger partial charge is 0.252 e. The predicted octanol–water partition coefficient (Wildman–Crippen LogP) is 4.24. The molecule has 0 saturated heterocycles. The first-order valence-electron chi connectivity index (χ1n) is 12.3. The zero-order valence-corrected chi connectivity index (χ0v) is 20.8. The first-order chi connectivity index (χ1) is 16.9. The predicted molar refractivity (Wildman–Crippen MR) is 140 cm³/mol. The van der Waals surface area contributed by atoms with Crippen LogP contribution in [0.2, 0.25) is 0 Å². The van der Waals surface area contributed by atoms with Crippen LogP contribution >= 0.6 is 0 Å². The highest BCUT2D eigenvalue weighted by atomic mass is 16.5. The van der Waals surface area contributed by atoms with Crippen molar-refractivity contribution in [3.8, 4) is 11.1 Å². The lowest BCUT2D eigenvalue weighted by Crippen LogP contribution is -2.55. The number of likely N-dealkylation sites (N-methyl/N-ethyl adjacent to an activating group) is 1. The van der Waals surface area contributed by atoms with Gasteiger partial charge in [0.2, 0.25) is 5.91 Å². The molecule has 4 rings (SSSR count). The molecule has 35 heavy (non-hydrogen) atoms. The number of amides is 2. The Labute approximate surface area is 207 Å². The standard InChI is InChI=1S/C29H35N3O3/c1-32(2)29(15-7-8-16-29)20-30-28(34)26(19-35-3)31-27(33)25-14-13-23-17-22(11-12-24(23)18-25)21-9-5-4-6-10-21/h4-6,9-14,17-18,26H,7-8,15-16,19-20H2,1-3H3,(H,30,34)(H,31,33)/t26-/m0/s1. The molecular weight excluding hydrogens is 438 g/mol. The summed E-state index contributed by atoms with van der Waals surface area (Å²) in [6, 6.07) is 21.3. The molecule has 0 spiro atoms. The molecule has 1 saturated carbocycles. The number of nitrogens with zero attached hydrogens (tertiary/aromatic N) is 1. The number of ether oxygens (including phenoxy) is 1. The second kappa shape index (κ2) is 11.0. The zero-order valence-electron chi connectivity index (χ0n) is 20.8. The largest absolute Gasteiger partial charge is 0.382 e. The monoisotopic (exact) mass is 473 g/mol. The fourth-order valence-corrected chi connectivity index (χ4v) is 4.98. The van der Waals surface area contributed by atoms with Crippen molar-refractivity contribution in [1.29, 1.82) is 0 Å². The third kappa shape index (κ3) is 5.72. The second-order valence-corrected chi connectivity index (χ2v) is 9.67. The van der Waals surface area contributed by atoms with Gasteiger partial charge in [-0.25, -0.2) is 0 Å². The summed E-state index contributed by atoms with van der Waals surface area (Å²) >= 11 is 0. The molecule has 0 aromatic heterocycles. The van der Waals surface area contributed by atoms with E-state index in [4.69, 9.17) is 4.74 Å². The lowest BCUT2D eigenvalue weighted by molar-refractivity contribution is -0.124. The number of methoxy groups -OCH3 is 1. The number of carbonyl (C=O) groups is 2. The van der Waals surface area contributed by atoms with Crippen LogP contribution in [0, 0.1) is 0 Å². The molecule has 2 amide bonds. The molecule has 6 nitrogen and oxygen atoms in total. The first kappa shape index (κ1) is 24.9. The Balaban J connectivity index is 1.44. The number of fused-ring (bicyclic) bond motifs is 1. The van der Waals surface area contributed by atoms with Gasteiger partial charge in [0.15, 0.2) is 0 Å². The third-order valence-electron chi connectivity index (χ3n) is 7.24. The highest BCUT2D eigenvalue weighted by molar-refractivity contribution is 6.01. The summed E-state index contributed by atoms with van der Waals surface area (Å²) in [5.41, 5.74) is 2.77. The molecule has 1 aliphatic carbocycles. The summed E-state index contributed by atoms with van der Waals surface area (Å²) in [6.07, 6.45) is 4.46. The van der Waals surface area contributed by atoms with Crippen molar-refractivity contribution in [2.45, 2.75) is 37.3 Å². The molecule has 0 unspecified atom stereocenters. The molecule has 1 fully saturated rings. The number of carbonyl (C=O) groups excluding carboxylic acids is 2. The van der Waals surface area contributed by atoms with Crippen molar-refractivity contribution in [1.82, 2.24) is 15.5 Å². The maximum atomic E-state index is 13.0. The van der Waals surface area contributed by atoms with Gasteiger partial charge in [0.25, 0.3) is 5.91 Å². The molecule has 0 radical (unpaired) electrons. The van der Waals surface area contributed by atoms with Crippen LogP contribution in [0.3, 0.4) is 0 Å². The molecule has 0 aliphatic heterocycles. The maximum Gasteiger partial charge on any atom is 0.252 e. The molecular formula is C29H35N3O3. The Morgan fingerprint density at radius 3 is 2.31 bits per heavy atom. The van der Waals surface area contributed by atoms with Gasteiger partial charge in [0, 0.05) is 24.8 Å². The number of hydrogen-bond acceptors (Lipinski definition) is 4. The Morgan fingerprint density at radius 1 is 0.943 bits per heavy atom. The first-order valence-corrected chi connectivity index (χ1v) is 12.3. The van der Waals surface area contributed by atoms with E-state index in [-0.39, 0.29) is 24.0 Å². The van der Waals surface area contributed by atoms with E-state index >= 15 is 0 Å². The molecule has 1 aliphatic rings. The summed E-state index contributed by atoms with van der Waals surface area (Å²) in [4.78, 5) is 28.2. The molecule has 6 heteroatoms. The number of nitrogens with one attached hydrogen (secondary N) is 2. The van der Waals surface area contributed by atoms with Gasteiger partial charge in [-0.3, -0.25) is 9.59 Å². The molecule has 0 heterocycles. The minimum Gasteiger partial charge on any atom is -0.382 e. The van der Waals surface area contributed by atoms with Crippen molar-refractivity contribution in [2.24, 2.45) is 0 Å². The van der Waals surface area contributed by atoms with Crippen LogP contribution in [0.1, 0.15) is 36.0 Å². The SMILES string of the molecule is COC[C@H](NC(=O)c1ccc2cc(-c3ccccc3)ccc2c1)C(=O)NCC1(N(C)C)CCCC1. The Kier molecular flexibility index (Phi) is 7.83. The highest BCUT2D eigenvalue weighted by Crippen LogP contribution is 2.33. The van der Waals surface area contributed by atoms with Crippen LogP contribution < -0.4 is 10.6 Å². The quantitative estimate of drug-likeness (QED) is 0.488. The van der Waals surface area contributed by atoms with Gasteiger partial charge < -0.3 is 20.3 Å². The van der Waals surface area contributed by atoms with E-state index in [0.717, 1.165) is 34.7 Å². The summed E-state index contributed by atoms with van der Waals surface area (Å²) in [5, 5.41) is 7.95. The number of benzene rings is 3. The normalized spacial score (nSPS) is 15.8. The summed E-state index contributed by atoms with van der Waals surface area (Å²) < 4.78 is 5.25. The average Bonchev–Trinajstić information content (AvgIpc) is 3.37. The van der Waals surface area contributed by atoms with E-state index in [1.807, 2.05) is 36.4 Å². The fourth-order valence-electron chi connectivity index (χ4n) is 4.98. The van der Waals surface area contributed by atoms with E-state index < -0.39 is 6.04 Å². The van der Waals surface area contributed by atoms with Gasteiger partial charge in [-0.2, -0.15) is 0 Å². The van der Waals surface area contributed by atoms with Gasteiger partial charge in [-0.05, 0) is 67.0 Å². The average molecular weight is 474 g/mol. The summed E-state index contributed by atoms with van der Waals surface area (Å²) in [5.74, 6) is -0.513. The van der Waals surface area contributed by atoms with Crippen LogP contribution in [0.25, 0.3) is 21.9 Å². The van der Waals surface area contributed by atoms with E-state index in [1.54, 1.807) is 6.07 Å². The van der Waals surface area contributed by atoms with Gasteiger partial charge in [0.05, 0.1) is 6.61 Å². The van der Waals surface area contributed by atoms with E-state index in [9.17, 15) is 9.59 Å². The van der Waals surface area contributed by atoms with E-state index in [1.165, 1.54) is 20.0 Å². The van der Waals surface area contributed by atoms with Crippen molar-refractivity contribution in [2.75, 3.05) is 34.4 Å². The van der Waals surface area contributed by atoms with E-state index in [2.05, 4.69) is 53.9 Å². The third-order valence-corrected chi connectivity index (χ3v) is 7.24. The number of hydrogen-bond donors (Lipinski definition) is 2. The van der Waals surface area contributed by atoms with Crippen LogP contribution in [-0.4, -0.2) is 62.7 Å². The summed E-state index contributed by atoms with van der Waals surface area (Å²) in [7, 11) is 5.66. The van der Waals surface area contributed by atoms with Gasteiger partial charge in [-0.15, -0.1) is 0 Å². The molecule has 3 aromatic rings. The van der Waals surface area contributed by atoms with Gasteiger partial charge in [-0.1, -0.05) is 61.4 Å². The number of rotatable bonds is 9. The van der Waals surface area contributed by atoms with Crippen LogP contribution in [0.5, 0.6) is 0 Å². The minimum atomic E-state index is -0.760. The van der Waals surface area contributed by atoms with Crippen molar-refractivity contribution < 1.29 is 14.3 Å². The fraction of sp³-hybridized carbons (Fsp3) is 0.379. The van der Waals surface area contributed by atoms with Gasteiger partial charge >= 0.3 is 0 Å². The van der Waals surface area contributed by atoms with Crippen LogP contribution in [-0.2, 0) is 9.53 Å². The topological polar surface area (TPSA) is 70.7 Å². The van der Waals surface area contributed by atoms with Crippen molar-refractivity contribution in [3.05, 3.63) is 72.3 Å². The lowest BCUT2D eigenvalue weighted by atomic mass is 9.96. The van der Waals surface area contributed by atoms with Crippen molar-refractivity contribution >= 4 is 22.6 Å². The Morgan fingerprint density at radius 2 is 1.63 bits per heavy atom. The second-order valence-electron chi connectivity index (χ2n) is 9.67. The van der Waals surface area contributed by atoms with E-state index in [0.29, 0.717) is 12.1 Å². The Hall–Kier alpha value is -3.22. The molecule has 1 atom stereocenters. The molecule has 0 bridgehead atoms. The Bertz CT molecular complexity index is 1170. The summed E-state index contributed by atoms with van der Waals surface area (Å²) in [6.45, 7) is 0.676. The van der Waals surface area contributed by atoms with Gasteiger partial charge in [0.1, 0.15) is 6.04 Å².